The molecule has 0 aliphatic carbocycles. The van der Waals surface area contributed by atoms with E-state index in [1.807, 2.05) is 0 Å². The van der Waals surface area contributed by atoms with Gasteiger partial charge in [-0.1, -0.05) is 88.8 Å². The standard InChI is InChI=1S/C19H38N2O4/c1-3-4-5-6-7-8-9-10-11-12-13-14-15-16-19(25-18(2)22)17-21(24)20-23/h19,23H,3-17H2,1-2H3/b21-20+/t19-/m0/s1. The number of carbonyl (C=O) groups excluding carboxylic acids is 1. The number of carbonyl (C=O) groups is 1. The molecule has 0 aliphatic rings. The monoisotopic (exact) mass is 358 g/mol. The molecule has 1 N–H and O–H groups in total. The Balaban J connectivity index is 3.49. The van der Waals surface area contributed by atoms with Gasteiger partial charge in [0.2, 0.25) is 6.54 Å². The SMILES string of the molecule is CCCCCCCCCCCCCCC[C@@H](C/[N+]([O-])=N\O)OC(C)=O. The smallest absolute Gasteiger partial charge is 0.303 e. The summed E-state index contributed by atoms with van der Waals surface area (Å²) in [5.74, 6) is -0.411. The summed E-state index contributed by atoms with van der Waals surface area (Å²) < 4.78 is 5.08. The molecule has 0 aromatic carbocycles. The third-order valence-corrected chi connectivity index (χ3v) is 4.42. The molecular formula is C19H38N2O4. The van der Waals surface area contributed by atoms with Crippen LogP contribution in [-0.2, 0) is 9.53 Å². The van der Waals surface area contributed by atoms with Gasteiger partial charge in [0.05, 0.1) is 0 Å². The van der Waals surface area contributed by atoms with Crippen LogP contribution in [0.25, 0.3) is 0 Å². The normalized spacial score (nSPS) is 13.0. The summed E-state index contributed by atoms with van der Waals surface area (Å²) in [5, 5.41) is 22.0. The van der Waals surface area contributed by atoms with Crippen LogP contribution < -0.4 is 0 Å². The fourth-order valence-electron chi connectivity index (χ4n) is 3.02. The number of hydroxylamine groups is 1. The van der Waals surface area contributed by atoms with E-state index in [4.69, 9.17) is 9.94 Å². The molecule has 0 heterocycles. The van der Waals surface area contributed by atoms with E-state index in [0.717, 1.165) is 12.8 Å². The molecule has 0 spiro atoms. The number of ether oxygens (including phenoxy) is 1. The maximum absolute atomic E-state index is 11.0. The summed E-state index contributed by atoms with van der Waals surface area (Å²) in [4.78, 5) is 11.2. The first-order valence-electron chi connectivity index (χ1n) is 10.1. The van der Waals surface area contributed by atoms with Crippen molar-refractivity contribution in [2.24, 2.45) is 5.28 Å². The highest BCUT2D eigenvalue weighted by atomic mass is 16.6. The lowest BCUT2D eigenvalue weighted by molar-refractivity contribution is -0.563. The van der Waals surface area contributed by atoms with Gasteiger partial charge in [0.25, 0.3) is 0 Å². The van der Waals surface area contributed by atoms with Gasteiger partial charge in [-0.05, 0) is 12.8 Å². The number of nitrogens with zero attached hydrogens (tertiary/aromatic N) is 2. The second-order valence-corrected chi connectivity index (χ2v) is 6.89. The van der Waals surface area contributed by atoms with Crippen molar-refractivity contribution in [1.82, 2.24) is 0 Å². The Labute approximate surface area is 153 Å². The average molecular weight is 359 g/mol. The molecule has 6 nitrogen and oxygen atoms in total. The lowest BCUT2D eigenvalue weighted by Crippen LogP contribution is -2.25. The first-order chi connectivity index (χ1) is 12.1. The van der Waals surface area contributed by atoms with Gasteiger partial charge >= 0.3 is 5.97 Å². The molecule has 148 valence electrons. The summed E-state index contributed by atoms with van der Waals surface area (Å²) in [5.41, 5.74) is 0. The Bertz CT molecular complexity index is 348. The van der Waals surface area contributed by atoms with Crippen molar-refractivity contribution >= 4 is 5.97 Å². The number of hydrogen-bond donors (Lipinski definition) is 1. The van der Waals surface area contributed by atoms with Crippen LogP contribution in [0.15, 0.2) is 5.28 Å². The third kappa shape index (κ3) is 17.3. The fraction of sp³-hybridized carbons (Fsp3) is 0.947. The summed E-state index contributed by atoms with van der Waals surface area (Å²) in [6.07, 6.45) is 16.7. The minimum Gasteiger partial charge on any atom is -0.597 e. The Kier molecular flexibility index (Phi) is 16.6. The molecule has 0 rings (SSSR count). The number of unbranched alkanes of at least 4 members (excludes halogenated alkanes) is 12. The van der Waals surface area contributed by atoms with Crippen LogP contribution in [0.2, 0.25) is 0 Å². The van der Waals surface area contributed by atoms with Gasteiger partial charge in [-0.25, -0.2) is 0 Å². The molecule has 0 aromatic heterocycles. The van der Waals surface area contributed by atoms with Crippen LogP contribution in [0, 0.1) is 5.21 Å². The second-order valence-electron chi connectivity index (χ2n) is 6.89. The van der Waals surface area contributed by atoms with Crippen LogP contribution >= 0.6 is 0 Å². The van der Waals surface area contributed by atoms with Gasteiger partial charge < -0.3 is 15.2 Å². The predicted molar refractivity (Wildman–Crippen MR) is 98.6 cm³/mol. The van der Waals surface area contributed by atoms with E-state index in [9.17, 15) is 10.0 Å². The molecule has 0 saturated heterocycles. The van der Waals surface area contributed by atoms with E-state index in [0.29, 0.717) is 6.42 Å². The molecule has 0 aromatic rings. The Morgan fingerprint density at radius 3 is 1.80 bits per heavy atom. The average Bonchev–Trinajstić information content (AvgIpc) is 2.58. The van der Waals surface area contributed by atoms with Crippen molar-refractivity contribution < 1.29 is 19.6 Å². The largest absolute Gasteiger partial charge is 0.597 e. The molecule has 25 heavy (non-hydrogen) atoms. The van der Waals surface area contributed by atoms with Gasteiger partial charge in [-0.3, -0.25) is 4.79 Å². The molecule has 0 bridgehead atoms. The summed E-state index contributed by atoms with van der Waals surface area (Å²) in [6.45, 7) is 3.45. The van der Waals surface area contributed by atoms with E-state index >= 15 is 0 Å². The maximum Gasteiger partial charge on any atom is 0.303 e. The minimum absolute atomic E-state index is 0.117. The first-order valence-corrected chi connectivity index (χ1v) is 10.1. The molecule has 0 saturated carbocycles. The molecule has 0 aliphatic heterocycles. The quantitative estimate of drug-likeness (QED) is 0.118. The Morgan fingerprint density at radius 1 is 0.960 bits per heavy atom. The highest BCUT2D eigenvalue weighted by Crippen LogP contribution is 2.14. The highest BCUT2D eigenvalue weighted by Gasteiger charge is 2.17. The summed E-state index contributed by atoms with van der Waals surface area (Å²) >= 11 is 0. The van der Waals surface area contributed by atoms with Gasteiger partial charge in [-0.15, -0.1) is 0 Å². The molecule has 0 amide bonds. The zero-order valence-corrected chi connectivity index (χ0v) is 16.3. The lowest BCUT2D eigenvalue weighted by Gasteiger charge is -2.14. The highest BCUT2D eigenvalue weighted by molar-refractivity contribution is 5.66. The number of rotatable bonds is 17. The van der Waals surface area contributed by atoms with Gasteiger partial charge in [0.1, 0.15) is 0 Å². The Morgan fingerprint density at radius 2 is 1.40 bits per heavy atom. The zero-order chi connectivity index (χ0) is 18.8. The van der Waals surface area contributed by atoms with Crippen LogP contribution in [0.1, 0.15) is 104 Å². The van der Waals surface area contributed by atoms with Gasteiger partial charge in [0, 0.05) is 6.92 Å². The molecule has 1 atom stereocenters. The summed E-state index contributed by atoms with van der Waals surface area (Å²) in [6, 6.07) is 0. The van der Waals surface area contributed by atoms with Crippen molar-refractivity contribution in [1.29, 1.82) is 0 Å². The Hall–Kier alpha value is -1.33. The van der Waals surface area contributed by atoms with Crippen molar-refractivity contribution in [3.63, 3.8) is 0 Å². The van der Waals surface area contributed by atoms with E-state index in [1.54, 1.807) is 0 Å². The van der Waals surface area contributed by atoms with Crippen LogP contribution in [0.3, 0.4) is 0 Å². The van der Waals surface area contributed by atoms with Crippen molar-refractivity contribution in [3.8, 4) is 0 Å². The fourth-order valence-corrected chi connectivity index (χ4v) is 3.02. The predicted octanol–water partition coefficient (Wildman–Crippen LogP) is 5.75. The zero-order valence-electron chi connectivity index (χ0n) is 16.3. The summed E-state index contributed by atoms with van der Waals surface area (Å²) in [7, 11) is 0. The van der Waals surface area contributed by atoms with Crippen LogP contribution in [0.5, 0.6) is 0 Å². The van der Waals surface area contributed by atoms with E-state index in [2.05, 4.69) is 12.2 Å². The van der Waals surface area contributed by atoms with Crippen LogP contribution in [0.4, 0.5) is 0 Å². The third-order valence-electron chi connectivity index (χ3n) is 4.42. The minimum atomic E-state index is -0.501. The van der Waals surface area contributed by atoms with Gasteiger partial charge in [-0.2, -0.15) is 0 Å². The topological polar surface area (TPSA) is 85.0 Å². The van der Waals surface area contributed by atoms with Crippen LogP contribution in [-0.4, -0.2) is 28.7 Å². The molecule has 6 heteroatoms. The van der Waals surface area contributed by atoms with E-state index in [-0.39, 0.29) is 11.4 Å². The van der Waals surface area contributed by atoms with Crippen molar-refractivity contribution in [2.75, 3.05) is 6.54 Å². The van der Waals surface area contributed by atoms with Crippen molar-refractivity contribution in [2.45, 2.75) is 110 Å². The molecule has 0 radical (unpaired) electrons. The second kappa shape index (κ2) is 17.5. The van der Waals surface area contributed by atoms with E-state index < -0.39 is 12.1 Å². The molecule has 0 fully saturated rings. The maximum atomic E-state index is 11.0. The van der Waals surface area contributed by atoms with E-state index in [1.165, 1.54) is 77.6 Å². The van der Waals surface area contributed by atoms with Crippen molar-refractivity contribution in [3.05, 3.63) is 5.21 Å². The van der Waals surface area contributed by atoms with Gasteiger partial charge in [0.15, 0.2) is 11.4 Å². The first kappa shape index (κ1) is 23.7. The number of hydrogen-bond acceptors (Lipinski definition) is 4. The number of esters is 1. The lowest BCUT2D eigenvalue weighted by atomic mass is 10.0. The molecular weight excluding hydrogens is 320 g/mol. The molecule has 0 unspecified atom stereocenters.